The maximum Gasteiger partial charge on any atom is 0.251 e. The molecule has 0 saturated heterocycles. The Labute approximate surface area is 136 Å². The molecule has 0 atom stereocenters. The molecule has 0 aliphatic carbocycles. The minimum Gasteiger partial charge on any atom is -0.497 e. The standard InChI is InChI=1S/C16H15BrFNO3/c1-21-14-2-4-15(5-3-14)22-7-6-19-16(20)11-8-12(17)10-13(18)9-11/h2-5,8-10H,6-7H2,1H3,(H,19,20). The summed E-state index contributed by atoms with van der Waals surface area (Å²) in [5, 5.41) is 2.67. The van der Waals surface area contributed by atoms with Gasteiger partial charge in [0.05, 0.1) is 13.7 Å². The van der Waals surface area contributed by atoms with Gasteiger partial charge in [-0.05, 0) is 42.5 Å². The summed E-state index contributed by atoms with van der Waals surface area (Å²) in [6, 6.07) is 11.2. The number of amides is 1. The summed E-state index contributed by atoms with van der Waals surface area (Å²) in [6.45, 7) is 0.632. The second kappa shape index (κ2) is 7.79. The number of carbonyl (C=O) groups excluding carboxylic acids is 1. The SMILES string of the molecule is COc1ccc(OCCNC(=O)c2cc(F)cc(Br)c2)cc1. The second-order valence-electron chi connectivity index (χ2n) is 4.44. The summed E-state index contributed by atoms with van der Waals surface area (Å²) in [4.78, 5) is 11.9. The van der Waals surface area contributed by atoms with Gasteiger partial charge in [-0.2, -0.15) is 0 Å². The molecule has 0 radical (unpaired) electrons. The van der Waals surface area contributed by atoms with Gasteiger partial charge in [-0.1, -0.05) is 15.9 Å². The highest BCUT2D eigenvalue weighted by Gasteiger charge is 2.07. The van der Waals surface area contributed by atoms with Crippen LogP contribution in [0.4, 0.5) is 4.39 Å². The van der Waals surface area contributed by atoms with E-state index in [1.165, 1.54) is 12.1 Å². The van der Waals surface area contributed by atoms with Gasteiger partial charge in [0.1, 0.15) is 23.9 Å². The molecule has 2 aromatic carbocycles. The maximum atomic E-state index is 13.2. The van der Waals surface area contributed by atoms with Gasteiger partial charge in [-0.15, -0.1) is 0 Å². The molecule has 22 heavy (non-hydrogen) atoms. The fourth-order valence-corrected chi connectivity index (χ4v) is 2.26. The molecule has 0 unspecified atom stereocenters. The van der Waals surface area contributed by atoms with Gasteiger partial charge < -0.3 is 14.8 Å². The summed E-state index contributed by atoms with van der Waals surface area (Å²) in [5.41, 5.74) is 0.260. The molecule has 0 bridgehead atoms. The molecule has 116 valence electrons. The lowest BCUT2D eigenvalue weighted by atomic mass is 10.2. The van der Waals surface area contributed by atoms with Gasteiger partial charge in [-0.25, -0.2) is 4.39 Å². The molecule has 0 aliphatic heterocycles. The summed E-state index contributed by atoms with van der Waals surface area (Å²) >= 11 is 3.15. The van der Waals surface area contributed by atoms with Crippen LogP contribution in [0.1, 0.15) is 10.4 Å². The number of hydrogen-bond donors (Lipinski definition) is 1. The van der Waals surface area contributed by atoms with Crippen LogP contribution in [0.15, 0.2) is 46.9 Å². The third kappa shape index (κ3) is 4.73. The van der Waals surface area contributed by atoms with E-state index < -0.39 is 5.82 Å². The first-order chi connectivity index (χ1) is 10.6. The molecule has 1 N–H and O–H groups in total. The van der Waals surface area contributed by atoms with Crippen LogP contribution in [0.2, 0.25) is 0 Å². The minimum atomic E-state index is -0.464. The van der Waals surface area contributed by atoms with Crippen molar-refractivity contribution in [3.63, 3.8) is 0 Å². The molecule has 1 amide bonds. The highest BCUT2D eigenvalue weighted by atomic mass is 79.9. The predicted molar refractivity (Wildman–Crippen MR) is 84.9 cm³/mol. The van der Waals surface area contributed by atoms with Crippen molar-refractivity contribution in [2.45, 2.75) is 0 Å². The van der Waals surface area contributed by atoms with Gasteiger partial charge in [-0.3, -0.25) is 4.79 Å². The maximum absolute atomic E-state index is 13.2. The average molecular weight is 368 g/mol. The van der Waals surface area contributed by atoms with Crippen LogP contribution in [0.5, 0.6) is 11.5 Å². The van der Waals surface area contributed by atoms with E-state index in [4.69, 9.17) is 9.47 Å². The zero-order valence-corrected chi connectivity index (χ0v) is 13.5. The minimum absolute atomic E-state index is 0.260. The molecule has 4 nitrogen and oxygen atoms in total. The van der Waals surface area contributed by atoms with Gasteiger partial charge in [0.15, 0.2) is 0 Å². The quantitative estimate of drug-likeness (QED) is 0.795. The average Bonchev–Trinajstić information content (AvgIpc) is 2.51. The highest BCUT2D eigenvalue weighted by molar-refractivity contribution is 9.10. The molecular weight excluding hydrogens is 353 g/mol. The zero-order valence-electron chi connectivity index (χ0n) is 11.9. The van der Waals surface area contributed by atoms with E-state index in [1.807, 2.05) is 0 Å². The number of hydrogen-bond acceptors (Lipinski definition) is 3. The van der Waals surface area contributed by atoms with Crippen molar-refractivity contribution in [3.05, 3.63) is 58.3 Å². The third-order valence-corrected chi connectivity index (χ3v) is 3.30. The lowest BCUT2D eigenvalue weighted by Crippen LogP contribution is -2.28. The zero-order chi connectivity index (χ0) is 15.9. The fraction of sp³-hybridized carbons (Fsp3) is 0.188. The van der Waals surface area contributed by atoms with E-state index >= 15 is 0 Å². The molecular formula is C16H15BrFNO3. The van der Waals surface area contributed by atoms with E-state index in [1.54, 1.807) is 37.4 Å². The number of carbonyl (C=O) groups is 1. The Balaban J connectivity index is 1.79. The van der Waals surface area contributed by atoms with E-state index in [0.717, 1.165) is 5.75 Å². The van der Waals surface area contributed by atoms with Crippen LogP contribution < -0.4 is 14.8 Å². The van der Waals surface area contributed by atoms with Crippen molar-refractivity contribution >= 4 is 21.8 Å². The lowest BCUT2D eigenvalue weighted by molar-refractivity contribution is 0.0946. The molecule has 0 spiro atoms. The van der Waals surface area contributed by atoms with Crippen molar-refractivity contribution < 1.29 is 18.7 Å². The summed E-state index contributed by atoms with van der Waals surface area (Å²) < 4.78 is 24.3. The molecule has 0 saturated carbocycles. The monoisotopic (exact) mass is 367 g/mol. The molecule has 6 heteroatoms. The number of rotatable bonds is 6. The van der Waals surface area contributed by atoms with E-state index in [-0.39, 0.29) is 11.5 Å². The normalized spacial score (nSPS) is 10.1. The van der Waals surface area contributed by atoms with Crippen molar-refractivity contribution in [1.82, 2.24) is 5.32 Å². The molecule has 0 heterocycles. The van der Waals surface area contributed by atoms with Crippen LogP contribution in [0.25, 0.3) is 0 Å². The highest BCUT2D eigenvalue weighted by Crippen LogP contribution is 2.17. The Morgan fingerprint density at radius 1 is 1.18 bits per heavy atom. The Morgan fingerprint density at radius 3 is 2.50 bits per heavy atom. The van der Waals surface area contributed by atoms with Crippen LogP contribution in [0, 0.1) is 5.82 Å². The van der Waals surface area contributed by atoms with Gasteiger partial charge >= 0.3 is 0 Å². The number of halogens is 2. The van der Waals surface area contributed by atoms with Gasteiger partial charge in [0.2, 0.25) is 0 Å². The van der Waals surface area contributed by atoms with Crippen LogP contribution in [-0.4, -0.2) is 26.2 Å². The van der Waals surface area contributed by atoms with E-state index in [9.17, 15) is 9.18 Å². The molecule has 2 rings (SSSR count). The van der Waals surface area contributed by atoms with Crippen molar-refractivity contribution in [2.75, 3.05) is 20.3 Å². The van der Waals surface area contributed by atoms with E-state index in [2.05, 4.69) is 21.2 Å². The Hall–Kier alpha value is -2.08. The topological polar surface area (TPSA) is 47.6 Å². The van der Waals surface area contributed by atoms with E-state index in [0.29, 0.717) is 23.4 Å². The largest absolute Gasteiger partial charge is 0.497 e. The summed E-state index contributed by atoms with van der Waals surface area (Å²) in [6.07, 6.45) is 0. The van der Waals surface area contributed by atoms with Gasteiger partial charge in [0.25, 0.3) is 5.91 Å². The van der Waals surface area contributed by atoms with Crippen LogP contribution >= 0.6 is 15.9 Å². The lowest BCUT2D eigenvalue weighted by Gasteiger charge is -2.08. The van der Waals surface area contributed by atoms with Crippen molar-refractivity contribution in [3.8, 4) is 11.5 Å². The van der Waals surface area contributed by atoms with Crippen molar-refractivity contribution in [1.29, 1.82) is 0 Å². The van der Waals surface area contributed by atoms with Gasteiger partial charge in [0, 0.05) is 10.0 Å². The third-order valence-electron chi connectivity index (χ3n) is 2.84. The number of nitrogens with one attached hydrogen (secondary N) is 1. The summed E-state index contributed by atoms with van der Waals surface area (Å²) in [5.74, 6) is 0.619. The fourth-order valence-electron chi connectivity index (χ4n) is 1.79. The first kappa shape index (κ1) is 16.3. The molecule has 0 fully saturated rings. The first-order valence-corrected chi connectivity index (χ1v) is 7.39. The Kier molecular flexibility index (Phi) is 5.77. The smallest absolute Gasteiger partial charge is 0.251 e. The Morgan fingerprint density at radius 2 is 1.86 bits per heavy atom. The molecule has 0 aromatic heterocycles. The first-order valence-electron chi connectivity index (χ1n) is 6.59. The number of ether oxygens (including phenoxy) is 2. The van der Waals surface area contributed by atoms with Crippen molar-refractivity contribution in [2.24, 2.45) is 0 Å². The molecule has 2 aromatic rings. The number of benzene rings is 2. The van der Waals surface area contributed by atoms with Crippen LogP contribution in [0.3, 0.4) is 0 Å². The second-order valence-corrected chi connectivity index (χ2v) is 5.35. The van der Waals surface area contributed by atoms with Crippen LogP contribution in [-0.2, 0) is 0 Å². The number of methoxy groups -OCH3 is 1. The molecule has 0 aliphatic rings. The predicted octanol–water partition coefficient (Wildman–Crippen LogP) is 3.41. The summed E-state index contributed by atoms with van der Waals surface area (Å²) in [7, 11) is 1.59. The Bertz CT molecular complexity index is 626.